The first-order chi connectivity index (χ1) is 9.29. The lowest BCUT2D eigenvalue weighted by Crippen LogP contribution is -2.46. The van der Waals surface area contributed by atoms with Gasteiger partial charge in [0.2, 0.25) is 0 Å². The molecular formula is C16H29NO2S. The van der Waals surface area contributed by atoms with E-state index in [4.69, 9.17) is 0 Å². The molecule has 1 rings (SSSR count). The van der Waals surface area contributed by atoms with Crippen molar-refractivity contribution in [3.05, 3.63) is 11.6 Å². The Balaban J connectivity index is 2.73. The van der Waals surface area contributed by atoms with Crippen molar-refractivity contribution in [2.24, 2.45) is 0 Å². The van der Waals surface area contributed by atoms with E-state index in [9.17, 15) is 9.35 Å². The van der Waals surface area contributed by atoms with Crippen LogP contribution in [0.5, 0.6) is 0 Å². The van der Waals surface area contributed by atoms with E-state index in [0.717, 1.165) is 18.4 Å². The Morgan fingerprint density at radius 2 is 2.05 bits per heavy atom. The molecule has 116 valence electrons. The van der Waals surface area contributed by atoms with Crippen LogP contribution in [0.4, 0.5) is 0 Å². The fourth-order valence-corrected chi connectivity index (χ4v) is 3.95. The van der Waals surface area contributed by atoms with Gasteiger partial charge < -0.3 is 4.55 Å². The van der Waals surface area contributed by atoms with Crippen molar-refractivity contribution in [1.82, 2.24) is 4.31 Å². The molecule has 0 aromatic carbocycles. The highest BCUT2D eigenvalue weighted by molar-refractivity contribution is 7.90. The normalized spacial score (nSPS) is 21.9. The average molecular weight is 299 g/mol. The molecule has 1 aliphatic heterocycles. The number of ketones is 1. The first-order valence-electron chi connectivity index (χ1n) is 7.68. The van der Waals surface area contributed by atoms with E-state index < -0.39 is 11.4 Å². The predicted molar refractivity (Wildman–Crippen MR) is 85.9 cm³/mol. The van der Waals surface area contributed by atoms with Gasteiger partial charge in [-0.3, -0.25) is 4.79 Å². The van der Waals surface area contributed by atoms with E-state index in [-0.39, 0.29) is 16.6 Å². The van der Waals surface area contributed by atoms with Gasteiger partial charge in [0.15, 0.2) is 5.78 Å². The van der Waals surface area contributed by atoms with Crippen LogP contribution in [0.2, 0.25) is 0 Å². The molecule has 0 fully saturated rings. The molecular weight excluding hydrogens is 270 g/mol. The summed E-state index contributed by atoms with van der Waals surface area (Å²) in [5, 5.41) is 0. The molecule has 3 nitrogen and oxygen atoms in total. The molecule has 0 aliphatic carbocycles. The second-order valence-electron chi connectivity index (χ2n) is 6.54. The topological polar surface area (TPSA) is 43.4 Å². The van der Waals surface area contributed by atoms with Gasteiger partial charge in [-0.05, 0) is 34.1 Å². The Bertz CT molecular complexity index is 360. The van der Waals surface area contributed by atoms with Gasteiger partial charge in [-0.1, -0.05) is 38.7 Å². The monoisotopic (exact) mass is 299 g/mol. The highest BCUT2D eigenvalue weighted by atomic mass is 32.2. The van der Waals surface area contributed by atoms with Crippen molar-refractivity contribution in [3.8, 4) is 0 Å². The average Bonchev–Trinajstić information content (AvgIpc) is 2.76. The maximum Gasteiger partial charge on any atom is 0.157 e. The van der Waals surface area contributed by atoms with Crippen LogP contribution in [-0.4, -0.2) is 32.0 Å². The SMILES string of the molecule is CCCCCC[C@H]1C(C(C)=O)=CCN1[S+]([O-])C(C)(C)C. The minimum Gasteiger partial charge on any atom is -0.597 e. The molecule has 0 spiro atoms. The van der Waals surface area contributed by atoms with Crippen LogP contribution in [-0.2, 0) is 16.2 Å². The van der Waals surface area contributed by atoms with Gasteiger partial charge in [-0.25, -0.2) is 0 Å². The van der Waals surface area contributed by atoms with Gasteiger partial charge in [0, 0.05) is 16.9 Å². The Hall–Kier alpha value is -0.320. The number of nitrogens with zero attached hydrogens (tertiary/aromatic N) is 1. The molecule has 1 aliphatic rings. The zero-order valence-corrected chi connectivity index (χ0v) is 14.4. The Labute approximate surface area is 127 Å². The maximum atomic E-state index is 12.6. The molecule has 0 radical (unpaired) electrons. The summed E-state index contributed by atoms with van der Waals surface area (Å²) in [6.45, 7) is 10.4. The maximum absolute atomic E-state index is 12.6. The summed E-state index contributed by atoms with van der Waals surface area (Å²) >= 11 is -1.06. The summed E-state index contributed by atoms with van der Waals surface area (Å²) in [7, 11) is 0. The van der Waals surface area contributed by atoms with Gasteiger partial charge in [0.25, 0.3) is 0 Å². The molecule has 0 N–H and O–H groups in total. The zero-order chi connectivity index (χ0) is 15.3. The molecule has 0 saturated heterocycles. The highest BCUT2D eigenvalue weighted by Crippen LogP contribution is 2.32. The molecule has 0 amide bonds. The molecule has 0 aromatic rings. The molecule has 4 heteroatoms. The second kappa shape index (κ2) is 7.62. The zero-order valence-electron chi connectivity index (χ0n) is 13.6. The van der Waals surface area contributed by atoms with Crippen LogP contribution in [0.15, 0.2) is 11.6 Å². The van der Waals surface area contributed by atoms with Crippen LogP contribution >= 0.6 is 0 Å². The fourth-order valence-electron chi connectivity index (χ4n) is 2.58. The summed E-state index contributed by atoms with van der Waals surface area (Å²) in [5.41, 5.74) is 0.860. The summed E-state index contributed by atoms with van der Waals surface area (Å²) in [6.07, 6.45) is 7.63. The number of Topliss-reactive ketones (excluding diaryl/α,β-unsaturated/α-hetero) is 1. The molecule has 0 saturated carbocycles. The Kier molecular flexibility index (Phi) is 6.76. The van der Waals surface area contributed by atoms with E-state index in [0.29, 0.717) is 6.54 Å². The Morgan fingerprint density at radius 1 is 1.40 bits per heavy atom. The van der Waals surface area contributed by atoms with Crippen molar-refractivity contribution < 1.29 is 9.35 Å². The largest absolute Gasteiger partial charge is 0.597 e. The third-order valence-corrected chi connectivity index (χ3v) is 5.55. The van der Waals surface area contributed by atoms with Crippen molar-refractivity contribution in [2.45, 2.75) is 77.5 Å². The number of carbonyl (C=O) groups excluding carboxylic acids is 1. The number of hydrogen-bond acceptors (Lipinski definition) is 3. The molecule has 0 aromatic heterocycles. The van der Waals surface area contributed by atoms with Gasteiger partial charge in [-0.15, -0.1) is 4.31 Å². The molecule has 1 unspecified atom stereocenters. The van der Waals surface area contributed by atoms with E-state index in [2.05, 4.69) is 6.92 Å². The third-order valence-electron chi connectivity index (χ3n) is 3.67. The van der Waals surface area contributed by atoms with E-state index in [1.54, 1.807) is 6.92 Å². The lowest BCUT2D eigenvalue weighted by atomic mass is 10.00. The summed E-state index contributed by atoms with van der Waals surface area (Å²) in [4.78, 5) is 11.8. The molecule has 1 heterocycles. The number of hydrogen-bond donors (Lipinski definition) is 0. The smallest absolute Gasteiger partial charge is 0.157 e. The highest BCUT2D eigenvalue weighted by Gasteiger charge is 2.42. The van der Waals surface area contributed by atoms with Crippen molar-refractivity contribution in [3.63, 3.8) is 0 Å². The number of carbonyl (C=O) groups is 1. The first-order valence-corrected chi connectivity index (χ1v) is 8.79. The first kappa shape index (κ1) is 17.7. The summed E-state index contributed by atoms with van der Waals surface area (Å²) < 4.78 is 14.4. The van der Waals surface area contributed by atoms with Gasteiger partial charge in [0.05, 0.1) is 12.6 Å². The third kappa shape index (κ3) is 4.61. The van der Waals surface area contributed by atoms with Gasteiger partial charge in [0.1, 0.15) is 4.75 Å². The van der Waals surface area contributed by atoms with Crippen LogP contribution in [0.25, 0.3) is 0 Å². The number of unbranched alkanes of at least 4 members (excludes halogenated alkanes) is 3. The molecule has 2 atom stereocenters. The lowest BCUT2D eigenvalue weighted by Gasteiger charge is -2.34. The summed E-state index contributed by atoms with van der Waals surface area (Å²) in [5.74, 6) is 0.124. The summed E-state index contributed by atoms with van der Waals surface area (Å²) in [6, 6.07) is 0.0458. The van der Waals surface area contributed by atoms with Gasteiger partial charge >= 0.3 is 0 Å². The minimum absolute atomic E-state index is 0.0458. The van der Waals surface area contributed by atoms with Crippen LogP contribution in [0.3, 0.4) is 0 Å². The lowest BCUT2D eigenvalue weighted by molar-refractivity contribution is -0.113. The fraction of sp³-hybridized carbons (Fsp3) is 0.812. The minimum atomic E-state index is -1.06. The molecule has 20 heavy (non-hydrogen) atoms. The quantitative estimate of drug-likeness (QED) is 0.533. The number of rotatable bonds is 7. The van der Waals surface area contributed by atoms with E-state index in [1.165, 1.54) is 19.3 Å². The van der Waals surface area contributed by atoms with Crippen LogP contribution in [0.1, 0.15) is 66.7 Å². The van der Waals surface area contributed by atoms with Gasteiger partial charge in [-0.2, -0.15) is 0 Å². The second-order valence-corrected chi connectivity index (χ2v) is 8.73. The van der Waals surface area contributed by atoms with E-state index in [1.807, 2.05) is 31.2 Å². The predicted octanol–water partition coefficient (Wildman–Crippen LogP) is 3.62. The van der Waals surface area contributed by atoms with Crippen LogP contribution < -0.4 is 0 Å². The standard InChI is InChI=1S/C16H29NO2S/c1-6-7-8-9-10-15-14(13(2)18)11-12-17(15)20(19)16(3,4)5/h11,15H,6-10,12H2,1-5H3/t15-,20?/m0/s1. The van der Waals surface area contributed by atoms with E-state index >= 15 is 0 Å². The molecule has 0 bridgehead atoms. The Morgan fingerprint density at radius 3 is 2.55 bits per heavy atom. The van der Waals surface area contributed by atoms with Crippen molar-refractivity contribution in [2.75, 3.05) is 6.54 Å². The van der Waals surface area contributed by atoms with Crippen LogP contribution in [0, 0.1) is 0 Å². The van der Waals surface area contributed by atoms with Crippen molar-refractivity contribution >= 4 is 17.1 Å². The van der Waals surface area contributed by atoms with Crippen molar-refractivity contribution in [1.29, 1.82) is 0 Å².